The molecule has 3 saturated heterocycles. The van der Waals surface area contributed by atoms with Crippen molar-refractivity contribution in [3.05, 3.63) is 84.8 Å². The lowest BCUT2D eigenvalue weighted by atomic mass is 9.85. The minimum atomic E-state index is -0.512. The molecule has 0 spiro atoms. The van der Waals surface area contributed by atoms with Gasteiger partial charge in [-0.25, -0.2) is 0 Å². The Balaban J connectivity index is 0.000000139. The van der Waals surface area contributed by atoms with Crippen LogP contribution in [-0.2, 0) is 42.8 Å². The van der Waals surface area contributed by atoms with Crippen LogP contribution < -0.4 is 42.6 Å². The second-order valence-electron chi connectivity index (χ2n) is 20.8. The fourth-order valence-corrected chi connectivity index (χ4v) is 14.1. The van der Waals surface area contributed by atoms with Crippen molar-refractivity contribution in [2.75, 3.05) is 64.0 Å². The fraction of sp³-hybridized carbons (Fsp3) is 0.476. The lowest BCUT2D eigenvalue weighted by molar-refractivity contribution is -0.144. The van der Waals surface area contributed by atoms with E-state index in [1.54, 1.807) is 64.0 Å². The van der Waals surface area contributed by atoms with Gasteiger partial charge in [-0.1, -0.05) is 68.1 Å². The Morgan fingerprint density at radius 2 is 0.747 bits per heavy atom. The van der Waals surface area contributed by atoms with E-state index in [2.05, 4.69) is 52.6 Å². The number of ether oxygens (including phenoxy) is 15. The van der Waals surface area contributed by atoms with Gasteiger partial charge < -0.3 is 71.1 Å². The number of fused-ring (bicyclic) bond motifs is 12. The zero-order valence-corrected chi connectivity index (χ0v) is 51.9. The van der Waals surface area contributed by atoms with Crippen LogP contribution in [0.2, 0.25) is 0 Å². The van der Waals surface area contributed by atoms with Crippen LogP contribution in [0.4, 0.5) is 0 Å². The molecule has 0 radical (unpaired) electrons. The molecule has 12 rings (SSSR count). The number of halogens is 2. The molecule has 6 heterocycles. The molecule has 444 valence electrons. The van der Waals surface area contributed by atoms with E-state index in [9.17, 15) is 14.4 Å². The molecular formula is C63H70Br2O18. The van der Waals surface area contributed by atoms with Crippen LogP contribution in [0.15, 0.2) is 51.4 Å². The lowest BCUT2D eigenvalue weighted by Gasteiger charge is -2.36. The summed E-state index contributed by atoms with van der Waals surface area (Å²) in [6.45, 7) is 6.32. The molecular weight excluding hydrogens is 1200 g/mol. The van der Waals surface area contributed by atoms with Crippen molar-refractivity contribution < 1.29 is 85.4 Å². The summed E-state index contributed by atoms with van der Waals surface area (Å²) in [7, 11) is 14.7. The van der Waals surface area contributed by atoms with Gasteiger partial charge in [0.1, 0.15) is 70.1 Å². The van der Waals surface area contributed by atoms with Crippen LogP contribution >= 0.6 is 31.9 Å². The smallest absolute Gasteiger partial charge is 0.309 e. The van der Waals surface area contributed by atoms with Crippen molar-refractivity contribution in [3.8, 4) is 51.7 Å². The number of carbonyl (C=O) groups excluding carboxylic acids is 3. The average Bonchev–Trinajstić information content (AvgIpc) is 3.80. The first-order valence-corrected chi connectivity index (χ1v) is 29.5. The predicted molar refractivity (Wildman–Crippen MR) is 314 cm³/mol. The number of hydrogen-bond donors (Lipinski definition) is 0. The maximum atomic E-state index is 12.1. The number of carbonyl (C=O) groups is 3. The van der Waals surface area contributed by atoms with E-state index in [0.717, 1.165) is 113 Å². The van der Waals surface area contributed by atoms with Gasteiger partial charge in [0.2, 0.25) is 0 Å². The molecule has 6 aromatic rings. The third-order valence-electron chi connectivity index (χ3n) is 16.2. The van der Waals surface area contributed by atoms with Gasteiger partial charge in [0.15, 0.2) is 18.3 Å². The topological polar surface area (TPSA) is 190 Å². The van der Waals surface area contributed by atoms with Crippen LogP contribution in [0.1, 0.15) is 149 Å². The van der Waals surface area contributed by atoms with E-state index in [1.807, 2.05) is 42.5 Å². The third kappa shape index (κ3) is 10.2. The van der Waals surface area contributed by atoms with Crippen molar-refractivity contribution >= 4 is 82.1 Å². The molecule has 0 amide bonds. The van der Waals surface area contributed by atoms with E-state index in [0.29, 0.717) is 51.7 Å². The molecule has 20 heteroatoms. The second kappa shape index (κ2) is 25.0. The average molecular weight is 1280 g/mol. The monoisotopic (exact) mass is 1270 g/mol. The Labute approximate surface area is 499 Å². The normalized spacial score (nSPS) is 23.3. The highest BCUT2D eigenvalue weighted by Crippen LogP contribution is 2.60. The third-order valence-corrected chi connectivity index (χ3v) is 17.5. The second-order valence-corrected chi connectivity index (χ2v) is 22.5. The van der Waals surface area contributed by atoms with Gasteiger partial charge in [-0.2, -0.15) is 0 Å². The Morgan fingerprint density at radius 1 is 0.386 bits per heavy atom. The van der Waals surface area contributed by atoms with Gasteiger partial charge in [0, 0.05) is 54.0 Å². The van der Waals surface area contributed by atoms with Gasteiger partial charge in [0.25, 0.3) is 0 Å². The molecule has 6 aromatic carbocycles. The van der Waals surface area contributed by atoms with Gasteiger partial charge in [-0.3, -0.25) is 14.4 Å². The van der Waals surface area contributed by atoms with Crippen LogP contribution in [0.5, 0.6) is 51.7 Å². The van der Waals surface area contributed by atoms with Crippen molar-refractivity contribution in [2.24, 2.45) is 0 Å². The highest BCUT2D eigenvalue weighted by atomic mass is 79.9. The molecule has 6 aliphatic rings. The minimum Gasteiger partial charge on any atom is -0.496 e. The van der Waals surface area contributed by atoms with Gasteiger partial charge in [-0.15, -0.1) is 0 Å². The largest absolute Gasteiger partial charge is 0.496 e. The van der Waals surface area contributed by atoms with Crippen molar-refractivity contribution in [2.45, 2.75) is 133 Å². The molecule has 6 aliphatic heterocycles. The summed E-state index contributed by atoms with van der Waals surface area (Å²) in [5, 5.41) is 5.00. The summed E-state index contributed by atoms with van der Waals surface area (Å²) in [5.74, 6) is 5.33. The van der Waals surface area contributed by atoms with Crippen molar-refractivity contribution in [1.29, 1.82) is 0 Å². The van der Waals surface area contributed by atoms with E-state index in [1.165, 1.54) is 0 Å². The van der Waals surface area contributed by atoms with Crippen LogP contribution in [-0.4, -0.2) is 100 Å². The highest BCUT2D eigenvalue weighted by Gasteiger charge is 2.51. The zero-order chi connectivity index (χ0) is 59.1. The maximum absolute atomic E-state index is 12.1. The molecule has 0 bridgehead atoms. The quantitative estimate of drug-likeness (QED) is 0.0696. The summed E-state index contributed by atoms with van der Waals surface area (Å²) >= 11 is 7.20. The molecule has 0 saturated carbocycles. The minimum absolute atomic E-state index is 0.195. The first-order chi connectivity index (χ1) is 40.2. The summed E-state index contributed by atoms with van der Waals surface area (Å²) in [6.07, 6.45) is 2.87. The molecule has 0 aromatic heterocycles. The molecule has 3 fully saturated rings. The fourth-order valence-electron chi connectivity index (χ4n) is 13.1. The highest BCUT2D eigenvalue weighted by molar-refractivity contribution is 9.11. The Hall–Kier alpha value is -6.45. The first-order valence-electron chi connectivity index (χ1n) is 27.9. The summed E-state index contributed by atoms with van der Waals surface area (Å²) < 4.78 is 89.7. The van der Waals surface area contributed by atoms with E-state index in [-0.39, 0.29) is 73.8 Å². The van der Waals surface area contributed by atoms with Crippen LogP contribution in [0.25, 0.3) is 32.3 Å². The van der Waals surface area contributed by atoms with E-state index in [4.69, 9.17) is 71.1 Å². The molecule has 9 atom stereocenters. The van der Waals surface area contributed by atoms with Crippen LogP contribution in [0.3, 0.4) is 0 Å². The standard InChI is InChI=1S/2C21H23BrO6.C21H24O6/c1-5-6-12-16-17(20-13(27-12)9-14(23)28-20)18(24-2)10-7-8-11(22)19(25-3)15(10)21(16)26-4;1-5-6-12-17-18(19-13(27-12)9-14(23)28-19)20(25-3)15-10(22)7-8-11(24-2)16(15)21(17)26-4;1-5-7-13-17-18(20-14(26-13)10-15(22)27-20)19(24-3)11-8-6-9-12(23-2)16(11)21(17)25-4/h7-8,12-13,20H,5-6,9H2,1-4H3;7-8,12-13,19H,5-6,9H2,1-4H3;6,8-9,13-14,20H,5,7,10H2,1-4H3/t12-,13+,20-;12-,13+,19-;13-,14+,20-/m000/s1. The van der Waals surface area contributed by atoms with Gasteiger partial charge >= 0.3 is 17.9 Å². The molecule has 83 heavy (non-hydrogen) atoms. The van der Waals surface area contributed by atoms with Gasteiger partial charge in [-0.05, 0) is 65.5 Å². The Morgan fingerprint density at radius 3 is 1.16 bits per heavy atom. The number of hydrogen-bond acceptors (Lipinski definition) is 18. The van der Waals surface area contributed by atoms with Crippen LogP contribution in [0, 0.1) is 0 Å². The number of rotatable bonds is 15. The molecule has 0 N–H and O–H groups in total. The van der Waals surface area contributed by atoms with E-state index >= 15 is 0 Å². The predicted octanol–water partition coefficient (Wildman–Crippen LogP) is 13.8. The number of benzene rings is 6. The maximum Gasteiger partial charge on any atom is 0.309 e. The summed E-state index contributed by atoms with van der Waals surface area (Å²) in [6, 6.07) is 13.4. The molecule has 18 nitrogen and oxygen atoms in total. The zero-order valence-electron chi connectivity index (χ0n) is 48.7. The van der Waals surface area contributed by atoms with Crippen molar-refractivity contribution in [1.82, 2.24) is 0 Å². The van der Waals surface area contributed by atoms with Gasteiger partial charge in [0.05, 0.1) is 122 Å². The van der Waals surface area contributed by atoms with E-state index < -0.39 is 18.3 Å². The Bertz CT molecular complexity index is 3460. The summed E-state index contributed by atoms with van der Waals surface area (Å²) in [4.78, 5) is 36.1. The SMILES string of the molecule is CCC[C@@H]1O[C@@H]2CC(=O)O[C@@H]2c2c1c(OC)c1c(OC)c(Br)ccc1c2OC.CCC[C@@H]1O[C@@H]2CC(=O)O[C@@H]2c2c1c(OC)c1c(OC)ccc(Br)c1c2OC.CCC[C@@H]1O[C@@H]2CC(=O)O[C@@H]2c2c1c(OC)c1c(OC)cccc1c2OC. The summed E-state index contributed by atoms with van der Waals surface area (Å²) in [5.41, 5.74) is 5.18. The first kappa shape index (κ1) is 59.7. The number of methoxy groups -OCH3 is 9. The van der Waals surface area contributed by atoms with Crippen molar-refractivity contribution in [3.63, 3.8) is 0 Å². The molecule has 0 unspecified atom stereocenters. The Kier molecular flexibility index (Phi) is 18.0. The molecule has 0 aliphatic carbocycles. The lowest BCUT2D eigenvalue weighted by Crippen LogP contribution is -2.29. The number of esters is 3.